The van der Waals surface area contributed by atoms with Gasteiger partial charge in [0.05, 0.1) is 0 Å². The lowest BCUT2D eigenvalue weighted by molar-refractivity contribution is 0.102. The summed E-state index contributed by atoms with van der Waals surface area (Å²) < 4.78 is 17.8. The monoisotopic (exact) mass is 388 g/mol. The number of hydrogen-bond donors (Lipinski definition) is 3. The van der Waals surface area contributed by atoms with E-state index in [-0.39, 0.29) is 17.3 Å². The van der Waals surface area contributed by atoms with Crippen molar-refractivity contribution in [1.29, 1.82) is 0 Å². The van der Waals surface area contributed by atoms with Crippen LogP contribution in [-0.2, 0) is 6.54 Å². The Balaban J connectivity index is 1.78. The van der Waals surface area contributed by atoms with Crippen LogP contribution in [0.15, 0.2) is 58.4 Å². The van der Waals surface area contributed by atoms with Gasteiger partial charge in [-0.2, -0.15) is 0 Å². The zero-order chi connectivity index (χ0) is 19.2. The molecule has 2 aromatic carbocycles. The summed E-state index contributed by atoms with van der Waals surface area (Å²) in [4.78, 5) is 12.4. The number of halogens is 2. The number of nitrogens with one attached hydrogen (secondary N) is 2. The number of anilines is 2. The van der Waals surface area contributed by atoms with Crippen molar-refractivity contribution in [2.75, 3.05) is 10.6 Å². The molecule has 8 nitrogen and oxygen atoms in total. The molecule has 0 atom stereocenters. The van der Waals surface area contributed by atoms with Gasteiger partial charge < -0.3 is 16.4 Å². The van der Waals surface area contributed by atoms with Gasteiger partial charge in [0.1, 0.15) is 0 Å². The van der Waals surface area contributed by atoms with Crippen LogP contribution in [0.4, 0.5) is 16.0 Å². The highest BCUT2D eigenvalue weighted by Gasteiger charge is 2.20. The summed E-state index contributed by atoms with van der Waals surface area (Å²) in [5.41, 5.74) is 7.14. The second-order valence-corrected chi connectivity index (χ2v) is 5.82. The number of nitrogens with two attached hydrogens (primary N) is 1. The van der Waals surface area contributed by atoms with Crippen LogP contribution >= 0.6 is 11.6 Å². The Bertz CT molecular complexity index is 974. The molecule has 0 fully saturated rings. The predicted molar refractivity (Wildman–Crippen MR) is 99.3 cm³/mol. The molecular formula is C17H14ClFN6O2. The summed E-state index contributed by atoms with van der Waals surface area (Å²) in [6.45, 7) is 0.366. The zero-order valence-corrected chi connectivity index (χ0v) is 14.6. The third kappa shape index (κ3) is 4.46. The van der Waals surface area contributed by atoms with E-state index in [1.165, 1.54) is 0 Å². The molecule has 27 heavy (non-hydrogen) atoms. The highest BCUT2D eigenvalue weighted by atomic mass is 35.5. The summed E-state index contributed by atoms with van der Waals surface area (Å²) in [6.07, 6.45) is 0. The van der Waals surface area contributed by atoms with Crippen LogP contribution in [-0.4, -0.2) is 22.1 Å². The molecule has 3 aromatic rings. The van der Waals surface area contributed by atoms with Gasteiger partial charge in [0.25, 0.3) is 5.91 Å². The molecule has 0 saturated heterocycles. The molecule has 1 aromatic heterocycles. The van der Waals surface area contributed by atoms with Gasteiger partial charge >= 0.3 is 0 Å². The van der Waals surface area contributed by atoms with E-state index in [0.29, 0.717) is 22.8 Å². The molecule has 1 heterocycles. The summed E-state index contributed by atoms with van der Waals surface area (Å²) in [6, 6.07) is 13.2. The van der Waals surface area contributed by atoms with Gasteiger partial charge in [0.15, 0.2) is 11.5 Å². The summed E-state index contributed by atoms with van der Waals surface area (Å²) in [5.74, 6) is -0.863. The first kappa shape index (κ1) is 18.5. The van der Waals surface area contributed by atoms with Crippen molar-refractivity contribution in [3.63, 3.8) is 0 Å². The third-order valence-electron chi connectivity index (χ3n) is 3.57. The molecule has 4 N–H and O–H groups in total. The largest absolute Gasteiger partial charge is 0.336 e. The van der Waals surface area contributed by atoms with Gasteiger partial charge in [-0.15, -0.1) is 0 Å². The Hall–Kier alpha value is -3.30. The highest BCUT2D eigenvalue weighted by molar-refractivity contribution is 6.31. The number of amidine groups is 1. The van der Waals surface area contributed by atoms with Crippen LogP contribution < -0.4 is 16.4 Å². The van der Waals surface area contributed by atoms with Crippen molar-refractivity contribution < 1.29 is 13.9 Å². The molecule has 3 rings (SSSR count). The fourth-order valence-electron chi connectivity index (χ4n) is 2.22. The average molecular weight is 389 g/mol. The second-order valence-electron chi connectivity index (χ2n) is 5.39. The molecule has 0 aliphatic rings. The Morgan fingerprint density at radius 3 is 2.63 bits per heavy atom. The predicted octanol–water partition coefficient (Wildman–Crippen LogP) is 3.18. The molecule has 0 saturated carbocycles. The van der Waals surface area contributed by atoms with E-state index >= 15 is 0 Å². The first-order valence-corrected chi connectivity index (χ1v) is 8.13. The van der Waals surface area contributed by atoms with Crippen LogP contribution in [0.1, 0.15) is 21.6 Å². The van der Waals surface area contributed by atoms with Gasteiger partial charge in [-0.1, -0.05) is 39.5 Å². The van der Waals surface area contributed by atoms with Crippen molar-refractivity contribution >= 4 is 34.8 Å². The molecule has 138 valence electrons. The van der Waals surface area contributed by atoms with E-state index < -0.39 is 5.91 Å². The normalized spacial score (nSPS) is 11.3. The first-order chi connectivity index (χ1) is 13.1. The number of hydrogen-bond acceptors (Lipinski definition) is 6. The van der Waals surface area contributed by atoms with E-state index in [1.54, 1.807) is 48.5 Å². The van der Waals surface area contributed by atoms with E-state index in [2.05, 4.69) is 30.8 Å². The maximum atomic E-state index is 13.2. The summed E-state index contributed by atoms with van der Waals surface area (Å²) in [7, 11) is 0. The fraction of sp³-hybridized carbons (Fsp3) is 0.0588. The molecule has 0 unspecified atom stereocenters. The van der Waals surface area contributed by atoms with Crippen molar-refractivity contribution in [1.82, 2.24) is 10.3 Å². The topological polar surface area (TPSA) is 118 Å². The molecule has 0 aliphatic heterocycles. The SMILES string of the molecule is NCc1ccc(C(=O)Nc2nonc2C(=NF)Nc2cccc(Cl)c2)cc1. The zero-order valence-electron chi connectivity index (χ0n) is 13.8. The molecule has 0 bridgehead atoms. The number of amides is 1. The lowest BCUT2D eigenvalue weighted by Crippen LogP contribution is -2.19. The molecule has 0 aliphatic carbocycles. The Morgan fingerprint density at radius 2 is 1.96 bits per heavy atom. The Kier molecular flexibility index (Phi) is 5.74. The van der Waals surface area contributed by atoms with Gasteiger partial charge in [-0.3, -0.25) is 4.79 Å². The smallest absolute Gasteiger partial charge is 0.256 e. The standard InChI is InChI=1S/C17H14ClFN6O2/c18-12-2-1-3-13(8-12)21-15(23-19)14-16(25-27-24-14)22-17(26)11-6-4-10(9-20)5-7-11/h1-8H,9,20H2,(H,21,23)(H,22,25,26). The molecule has 10 heteroatoms. The van der Waals surface area contributed by atoms with Crippen LogP contribution in [0.3, 0.4) is 0 Å². The molecular weight excluding hydrogens is 375 g/mol. The van der Waals surface area contributed by atoms with Crippen LogP contribution in [0.25, 0.3) is 0 Å². The lowest BCUT2D eigenvalue weighted by atomic mass is 10.1. The van der Waals surface area contributed by atoms with Crippen molar-refractivity contribution in [2.24, 2.45) is 10.9 Å². The minimum absolute atomic E-state index is 0.0890. The minimum atomic E-state index is -0.475. The van der Waals surface area contributed by atoms with Crippen LogP contribution in [0.2, 0.25) is 5.02 Å². The maximum absolute atomic E-state index is 13.2. The van der Waals surface area contributed by atoms with Crippen molar-refractivity contribution in [3.05, 3.63) is 70.4 Å². The summed E-state index contributed by atoms with van der Waals surface area (Å²) >= 11 is 5.90. The van der Waals surface area contributed by atoms with E-state index in [0.717, 1.165) is 5.56 Å². The van der Waals surface area contributed by atoms with E-state index in [1.807, 2.05) is 0 Å². The fourth-order valence-corrected chi connectivity index (χ4v) is 2.41. The highest BCUT2D eigenvalue weighted by Crippen LogP contribution is 2.19. The lowest BCUT2D eigenvalue weighted by Gasteiger charge is -2.07. The van der Waals surface area contributed by atoms with Crippen molar-refractivity contribution in [2.45, 2.75) is 6.54 Å². The number of rotatable bonds is 5. The first-order valence-electron chi connectivity index (χ1n) is 7.75. The number of carbonyl (C=O) groups excluding carboxylic acids is 1. The molecule has 1 amide bonds. The second kappa shape index (κ2) is 8.39. The van der Waals surface area contributed by atoms with Gasteiger partial charge in [-0.25, -0.2) is 4.63 Å². The number of nitrogens with zero attached hydrogens (tertiary/aromatic N) is 3. The summed E-state index contributed by atoms with van der Waals surface area (Å²) in [5, 5.41) is 15.5. The van der Waals surface area contributed by atoms with E-state index in [4.69, 9.17) is 17.3 Å². The van der Waals surface area contributed by atoms with Gasteiger partial charge in [-0.05, 0) is 46.2 Å². The van der Waals surface area contributed by atoms with Gasteiger partial charge in [0.2, 0.25) is 5.82 Å². The quantitative estimate of drug-likeness (QED) is 0.456. The van der Waals surface area contributed by atoms with Crippen LogP contribution in [0.5, 0.6) is 0 Å². The molecule has 0 radical (unpaired) electrons. The average Bonchev–Trinajstić information content (AvgIpc) is 3.14. The molecule has 0 spiro atoms. The third-order valence-corrected chi connectivity index (χ3v) is 3.80. The number of benzene rings is 2. The Morgan fingerprint density at radius 1 is 1.19 bits per heavy atom. The number of aromatic nitrogens is 2. The van der Waals surface area contributed by atoms with Crippen molar-refractivity contribution in [3.8, 4) is 0 Å². The number of carbonyl (C=O) groups is 1. The van der Waals surface area contributed by atoms with Gasteiger partial charge in [0, 0.05) is 22.8 Å². The van der Waals surface area contributed by atoms with Crippen LogP contribution in [0, 0.1) is 0 Å². The maximum Gasteiger partial charge on any atom is 0.256 e. The minimum Gasteiger partial charge on any atom is -0.336 e. The Labute approximate surface area is 158 Å². The van der Waals surface area contributed by atoms with E-state index in [9.17, 15) is 9.28 Å².